The van der Waals surface area contributed by atoms with Gasteiger partial charge in [0.05, 0.1) is 6.54 Å². The number of thiophene rings is 1. The molecule has 2 rings (SSSR count). The first-order valence-corrected chi connectivity index (χ1v) is 11.3. The second-order valence-electron chi connectivity index (χ2n) is 6.82. The van der Waals surface area contributed by atoms with Crippen molar-refractivity contribution in [2.24, 2.45) is 16.0 Å². The highest BCUT2D eigenvalue weighted by Gasteiger charge is 2.15. The van der Waals surface area contributed by atoms with Crippen molar-refractivity contribution in [3.8, 4) is 0 Å². The van der Waals surface area contributed by atoms with Crippen LogP contribution in [-0.2, 0) is 16.6 Å². The van der Waals surface area contributed by atoms with Crippen LogP contribution in [0.2, 0.25) is 0 Å². The van der Waals surface area contributed by atoms with Gasteiger partial charge in [-0.05, 0) is 37.8 Å². The molecule has 9 heteroatoms. The molecule has 0 radical (unpaired) electrons. The lowest BCUT2D eigenvalue weighted by molar-refractivity contribution is 0.322. The van der Waals surface area contributed by atoms with Crippen LogP contribution < -0.4 is 15.8 Å². The largest absolute Gasteiger partial charge is 0.354 e. The van der Waals surface area contributed by atoms with Gasteiger partial charge >= 0.3 is 0 Å². The first-order valence-electron chi connectivity index (χ1n) is 8.97. The summed E-state index contributed by atoms with van der Waals surface area (Å²) in [7, 11) is -1.87. The van der Waals surface area contributed by atoms with E-state index in [0.717, 1.165) is 23.2 Å². The lowest BCUT2D eigenvalue weighted by atomic mass is 9.85. The normalized spacial score (nSPS) is 17.4. The lowest BCUT2D eigenvalue weighted by Gasteiger charge is -2.24. The molecule has 1 atom stereocenters. The van der Waals surface area contributed by atoms with Gasteiger partial charge in [0.1, 0.15) is 4.21 Å². The van der Waals surface area contributed by atoms with Gasteiger partial charge in [-0.1, -0.05) is 32.1 Å². The molecule has 0 amide bonds. The van der Waals surface area contributed by atoms with Gasteiger partial charge in [0.2, 0.25) is 10.0 Å². The summed E-state index contributed by atoms with van der Waals surface area (Å²) in [6.45, 7) is 2.70. The zero-order valence-electron chi connectivity index (χ0n) is 15.5. The Morgan fingerprint density at radius 2 is 2.04 bits per heavy atom. The predicted octanol–water partition coefficient (Wildman–Crippen LogP) is 3.43. The van der Waals surface area contributed by atoms with Crippen LogP contribution in [-0.4, -0.2) is 27.5 Å². The van der Waals surface area contributed by atoms with Crippen molar-refractivity contribution in [1.29, 1.82) is 0 Å². The SMILES string of the molecule is CN=C(NCc1ccc(S(N)(=O)=O)s1)NC(C)CCC1CCCCC1.I. The maximum Gasteiger partial charge on any atom is 0.247 e. The van der Waals surface area contributed by atoms with Crippen LogP contribution in [0.5, 0.6) is 0 Å². The van der Waals surface area contributed by atoms with Gasteiger partial charge < -0.3 is 10.6 Å². The van der Waals surface area contributed by atoms with Crippen LogP contribution in [0.4, 0.5) is 0 Å². The summed E-state index contributed by atoms with van der Waals surface area (Å²) in [6.07, 6.45) is 9.34. The molecule has 1 unspecified atom stereocenters. The van der Waals surface area contributed by atoms with E-state index in [9.17, 15) is 8.42 Å². The predicted molar refractivity (Wildman–Crippen MR) is 120 cm³/mol. The van der Waals surface area contributed by atoms with Gasteiger partial charge in [-0.25, -0.2) is 13.6 Å². The average molecular weight is 514 g/mol. The van der Waals surface area contributed by atoms with Crippen molar-refractivity contribution < 1.29 is 8.42 Å². The first-order chi connectivity index (χ1) is 11.9. The molecular formula is C17H31IN4O2S2. The van der Waals surface area contributed by atoms with Crippen LogP contribution in [0, 0.1) is 5.92 Å². The standard InChI is InChI=1S/C17H30N4O2S2.HI/c1-13(8-9-14-6-4-3-5-7-14)21-17(19-2)20-12-15-10-11-16(24-15)25(18,22)23;/h10-11,13-14H,3-9,12H2,1-2H3,(H2,18,22,23)(H2,19,20,21);1H. The molecule has 1 aliphatic rings. The van der Waals surface area contributed by atoms with Gasteiger partial charge in [0.15, 0.2) is 5.96 Å². The Bertz CT molecular complexity index is 670. The zero-order valence-corrected chi connectivity index (χ0v) is 19.5. The Hall–Kier alpha value is -0.390. The fraction of sp³-hybridized carbons (Fsp3) is 0.706. The van der Waals surface area contributed by atoms with Crippen LogP contribution in [0.25, 0.3) is 0 Å². The third kappa shape index (κ3) is 8.10. The van der Waals surface area contributed by atoms with E-state index >= 15 is 0 Å². The van der Waals surface area contributed by atoms with E-state index in [2.05, 4.69) is 22.5 Å². The number of aliphatic imine (C=N–C) groups is 1. The molecule has 150 valence electrons. The second kappa shape index (κ2) is 11.5. The number of guanidine groups is 1. The molecule has 4 N–H and O–H groups in total. The Kier molecular flexibility index (Phi) is 10.4. The van der Waals surface area contributed by atoms with Crippen molar-refractivity contribution in [2.75, 3.05) is 7.05 Å². The number of rotatable bonds is 7. The van der Waals surface area contributed by atoms with Gasteiger partial charge in [-0.2, -0.15) is 0 Å². The Morgan fingerprint density at radius 1 is 1.35 bits per heavy atom. The first kappa shape index (κ1) is 23.6. The van der Waals surface area contributed by atoms with E-state index in [1.807, 2.05) is 0 Å². The Labute approximate surface area is 178 Å². The van der Waals surface area contributed by atoms with E-state index in [1.165, 1.54) is 49.9 Å². The number of nitrogens with zero attached hydrogens (tertiary/aromatic N) is 1. The number of primary sulfonamides is 1. The molecule has 0 saturated heterocycles. The second-order valence-corrected chi connectivity index (χ2v) is 9.77. The molecule has 0 aliphatic heterocycles. The maximum absolute atomic E-state index is 11.3. The summed E-state index contributed by atoms with van der Waals surface area (Å²) in [5.41, 5.74) is 0. The molecule has 1 aliphatic carbocycles. The summed E-state index contributed by atoms with van der Waals surface area (Å²) in [5, 5.41) is 11.8. The molecule has 6 nitrogen and oxygen atoms in total. The summed E-state index contributed by atoms with van der Waals surface area (Å²) in [5.74, 6) is 1.62. The topological polar surface area (TPSA) is 96.6 Å². The molecule has 26 heavy (non-hydrogen) atoms. The van der Waals surface area contributed by atoms with E-state index in [0.29, 0.717) is 12.6 Å². The average Bonchev–Trinajstić information content (AvgIpc) is 3.07. The summed E-state index contributed by atoms with van der Waals surface area (Å²) in [6, 6.07) is 3.67. The molecule has 0 bridgehead atoms. The minimum Gasteiger partial charge on any atom is -0.354 e. The molecular weight excluding hydrogens is 483 g/mol. The van der Waals surface area contributed by atoms with Gasteiger partial charge in [0.25, 0.3) is 0 Å². The smallest absolute Gasteiger partial charge is 0.247 e. The number of nitrogens with two attached hydrogens (primary N) is 1. The fourth-order valence-corrected chi connectivity index (χ4v) is 4.96. The van der Waals surface area contributed by atoms with Gasteiger partial charge in [-0.3, -0.25) is 4.99 Å². The Balaban J connectivity index is 0.00000338. The highest BCUT2D eigenvalue weighted by atomic mass is 127. The molecule has 0 spiro atoms. The number of sulfonamides is 1. The van der Waals surface area contributed by atoms with Gasteiger partial charge in [-0.15, -0.1) is 35.3 Å². The van der Waals surface area contributed by atoms with Crippen molar-refractivity contribution in [3.05, 3.63) is 17.0 Å². The monoisotopic (exact) mass is 514 g/mol. The van der Waals surface area contributed by atoms with Crippen LogP contribution in [0.3, 0.4) is 0 Å². The van der Waals surface area contributed by atoms with Crippen molar-refractivity contribution in [1.82, 2.24) is 10.6 Å². The molecule has 1 fully saturated rings. The van der Waals surface area contributed by atoms with Crippen LogP contribution >= 0.6 is 35.3 Å². The van der Waals surface area contributed by atoms with E-state index in [4.69, 9.17) is 5.14 Å². The fourth-order valence-electron chi connectivity index (χ4n) is 3.24. The maximum atomic E-state index is 11.3. The van der Waals surface area contributed by atoms with Crippen molar-refractivity contribution in [3.63, 3.8) is 0 Å². The molecule has 1 aromatic rings. The summed E-state index contributed by atoms with van der Waals surface area (Å²) >= 11 is 1.18. The summed E-state index contributed by atoms with van der Waals surface area (Å²) < 4.78 is 22.8. The zero-order chi connectivity index (χ0) is 18.3. The number of nitrogens with one attached hydrogen (secondary N) is 2. The van der Waals surface area contributed by atoms with E-state index < -0.39 is 10.0 Å². The highest BCUT2D eigenvalue weighted by Crippen LogP contribution is 2.27. The van der Waals surface area contributed by atoms with Crippen molar-refractivity contribution >= 4 is 51.3 Å². The molecule has 1 aromatic heterocycles. The minimum atomic E-state index is -3.62. The highest BCUT2D eigenvalue weighted by molar-refractivity contribution is 14.0. The Morgan fingerprint density at radius 3 is 2.62 bits per heavy atom. The lowest BCUT2D eigenvalue weighted by Crippen LogP contribution is -2.41. The number of hydrogen-bond acceptors (Lipinski definition) is 4. The van der Waals surface area contributed by atoms with Crippen molar-refractivity contribution in [2.45, 2.75) is 68.7 Å². The molecule has 0 aromatic carbocycles. The van der Waals surface area contributed by atoms with E-state index in [1.54, 1.807) is 19.2 Å². The number of hydrogen-bond donors (Lipinski definition) is 3. The van der Waals surface area contributed by atoms with Gasteiger partial charge in [0, 0.05) is 18.0 Å². The molecule has 1 heterocycles. The quantitative estimate of drug-likeness (QED) is 0.295. The third-order valence-corrected chi connectivity index (χ3v) is 7.21. The third-order valence-electron chi connectivity index (χ3n) is 4.69. The number of halogens is 1. The summed E-state index contributed by atoms with van der Waals surface area (Å²) in [4.78, 5) is 5.15. The minimum absolute atomic E-state index is 0. The van der Waals surface area contributed by atoms with Crippen LogP contribution in [0.1, 0.15) is 56.7 Å². The van der Waals surface area contributed by atoms with Crippen LogP contribution in [0.15, 0.2) is 21.3 Å². The van der Waals surface area contributed by atoms with E-state index in [-0.39, 0.29) is 28.2 Å². The molecule has 1 saturated carbocycles.